The second kappa shape index (κ2) is 5.19. The minimum Gasteiger partial charge on any atom is -0.324 e. The van der Waals surface area contributed by atoms with Crippen LogP contribution in [-0.2, 0) is 6.54 Å². The fraction of sp³-hybridized carbons (Fsp3) is 0.125. The van der Waals surface area contributed by atoms with Gasteiger partial charge in [-0.05, 0) is 43.3 Å². The standard InChI is InChI=1S/C16H11ClFN3/c1-2-21-15-6-3-10(9-19)7-14(15)20-16(21)11-4-5-12(17)13(18)8-11/h3-8H,2H2,1H3. The molecule has 0 fully saturated rings. The van der Waals surface area contributed by atoms with Crippen LogP contribution in [0.3, 0.4) is 0 Å². The number of aryl methyl sites for hydroxylation is 1. The van der Waals surface area contributed by atoms with Gasteiger partial charge in [-0.15, -0.1) is 0 Å². The van der Waals surface area contributed by atoms with Crippen molar-refractivity contribution in [3.63, 3.8) is 0 Å². The number of benzene rings is 2. The van der Waals surface area contributed by atoms with Gasteiger partial charge in [-0.1, -0.05) is 11.6 Å². The highest BCUT2D eigenvalue weighted by atomic mass is 35.5. The number of hydrogen-bond donors (Lipinski definition) is 0. The molecular weight excluding hydrogens is 289 g/mol. The molecule has 3 aromatic rings. The monoisotopic (exact) mass is 299 g/mol. The Bertz CT molecular complexity index is 877. The third kappa shape index (κ3) is 2.26. The van der Waals surface area contributed by atoms with Crippen LogP contribution in [0.1, 0.15) is 12.5 Å². The van der Waals surface area contributed by atoms with E-state index < -0.39 is 5.82 Å². The molecule has 0 saturated heterocycles. The molecule has 0 atom stereocenters. The van der Waals surface area contributed by atoms with Gasteiger partial charge in [0.15, 0.2) is 0 Å². The van der Waals surface area contributed by atoms with Gasteiger partial charge in [0.25, 0.3) is 0 Å². The molecule has 0 saturated carbocycles. The van der Waals surface area contributed by atoms with Gasteiger partial charge in [0.05, 0.1) is 27.7 Å². The van der Waals surface area contributed by atoms with Gasteiger partial charge in [0.2, 0.25) is 0 Å². The molecule has 3 nitrogen and oxygen atoms in total. The quantitative estimate of drug-likeness (QED) is 0.704. The first-order valence-electron chi connectivity index (χ1n) is 6.50. The summed E-state index contributed by atoms with van der Waals surface area (Å²) in [5.41, 5.74) is 2.86. The van der Waals surface area contributed by atoms with Gasteiger partial charge in [-0.25, -0.2) is 9.37 Å². The maximum atomic E-state index is 13.7. The lowest BCUT2D eigenvalue weighted by atomic mass is 10.2. The van der Waals surface area contributed by atoms with Crippen LogP contribution in [0.4, 0.5) is 4.39 Å². The number of hydrogen-bond acceptors (Lipinski definition) is 2. The van der Waals surface area contributed by atoms with E-state index in [1.807, 2.05) is 17.6 Å². The van der Waals surface area contributed by atoms with Crippen molar-refractivity contribution in [2.45, 2.75) is 13.5 Å². The molecule has 0 radical (unpaired) electrons. The number of rotatable bonds is 2. The smallest absolute Gasteiger partial charge is 0.142 e. The van der Waals surface area contributed by atoms with Crippen LogP contribution in [-0.4, -0.2) is 9.55 Å². The molecular formula is C16H11ClFN3. The van der Waals surface area contributed by atoms with Crippen LogP contribution >= 0.6 is 11.6 Å². The normalized spacial score (nSPS) is 10.8. The summed E-state index contributed by atoms with van der Waals surface area (Å²) in [7, 11) is 0. The first-order chi connectivity index (χ1) is 10.1. The van der Waals surface area contributed by atoms with E-state index in [0.717, 1.165) is 11.0 Å². The lowest BCUT2D eigenvalue weighted by Crippen LogP contribution is -1.97. The zero-order valence-electron chi connectivity index (χ0n) is 11.3. The Balaban J connectivity index is 2.26. The molecule has 5 heteroatoms. The number of nitriles is 1. The molecule has 1 heterocycles. The van der Waals surface area contributed by atoms with Crippen LogP contribution in [0.5, 0.6) is 0 Å². The highest BCUT2D eigenvalue weighted by Gasteiger charge is 2.13. The molecule has 2 aromatic carbocycles. The Morgan fingerprint density at radius 3 is 2.76 bits per heavy atom. The molecule has 0 amide bonds. The van der Waals surface area contributed by atoms with Gasteiger partial charge >= 0.3 is 0 Å². The highest BCUT2D eigenvalue weighted by Crippen LogP contribution is 2.27. The van der Waals surface area contributed by atoms with E-state index in [1.165, 1.54) is 12.1 Å². The average molecular weight is 300 g/mol. The van der Waals surface area contributed by atoms with Crippen molar-refractivity contribution in [2.24, 2.45) is 0 Å². The van der Waals surface area contributed by atoms with Gasteiger partial charge < -0.3 is 4.57 Å². The third-order valence-corrected chi connectivity index (χ3v) is 3.68. The Kier molecular flexibility index (Phi) is 3.36. The minimum atomic E-state index is -0.471. The molecule has 0 aliphatic heterocycles. The molecule has 0 aliphatic rings. The number of halogens is 2. The first kappa shape index (κ1) is 13.6. The summed E-state index contributed by atoms with van der Waals surface area (Å²) in [5, 5.41) is 9.05. The zero-order valence-corrected chi connectivity index (χ0v) is 12.0. The van der Waals surface area contributed by atoms with Crippen molar-refractivity contribution in [2.75, 3.05) is 0 Å². The van der Waals surface area contributed by atoms with Crippen LogP contribution in [0, 0.1) is 17.1 Å². The third-order valence-electron chi connectivity index (χ3n) is 3.37. The van der Waals surface area contributed by atoms with Crippen molar-refractivity contribution in [3.8, 4) is 17.5 Å². The van der Waals surface area contributed by atoms with E-state index in [1.54, 1.807) is 18.2 Å². The van der Waals surface area contributed by atoms with E-state index in [-0.39, 0.29) is 5.02 Å². The summed E-state index contributed by atoms with van der Waals surface area (Å²) < 4.78 is 15.6. The van der Waals surface area contributed by atoms with E-state index in [0.29, 0.717) is 23.5 Å². The molecule has 1 aromatic heterocycles. The molecule has 0 N–H and O–H groups in total. The predicted molar refractivity (Wildman–Crippen MR) is 80.5 cm³/mol. The molecule has 0 spiro atoms. The second-order valence-electron chi connectivity index (χ2n) is 4.62. The predicted octanol–water partition coefficient (Wildman–Crippen LogP) is 4.39. The van der Waals surface area contributed by atoms with Crippen LogP contribution < -0.4 is 0 Å². The lowest BCUT2D eigenvalue weighted by molar-refractivity contribution is 0.628. The van der Waals surface area contributed by atoms with Gasteiger partial charge in [-0.2, -0.15) is 5.26 Å². The molecule has 104 valence electrons. The summed E-state index contributed by atoms with van der Waals surface area (Å²) in [5.74, 6) is 0.194. The second-order valence-corrected chi connectivity index (χ2v) is 5.03. The topological polar surface area (TPSA) is 41.6 Å². The molecule has 21 heavy (non-hydrogen) atoms. The average Bonchev–Trinajstić information content (AvgIpc) is 2.87. The summed E-state index contributed by atoms with van der Waals surface area (Å²) in [6, 6.07) is 12.1. The van der Waals surface area contributed by atoms with Gasteiger partial charge in [-0.3, -0.25) is 0 Å². The Morgan fingerprint density at radius 2 is 2.10 bits per heavy atom. The first-order valence-corrected chi connectivity index (χ1v) is 6.87. The van der Waals surface area contributed by atoms with Gasteiger partial charge in [0, 0.05) is 12.1 Å². The molecule has 3 rings (SSSR count). The van der Waals surface area contributed by atoms with E-state index in [2.05, 4.69) is 11.1 Å². The Hall–Kier alpha value is -2.38. The number of nitrogens with zero attached hydrogens (tertiary/aromatic N) is 3. The fourth-order valence-electron chi connectivity index (χ4n) is 2.38. The maximum Gasteiger partial charge on any atom is 0.142 e. The minimum absolute atomic E-state index is 0.0877. The molecule has 0 bridgehead atoms. The van der Waals surface area contributed by atoms with Crippen molar-refractivity contribution in [1.29, 1.82) is 5.26 Å². The lowest BCUT2D eigenvalue weighted by Gasteiger charge is -2.06. The summed E-state index contributed by atoms with van der Waals surface area (Å²) in [6.45, 7) is 2.69. The number of fused-ring (bicyclic) bond motifs is 1. The van der Waals surface area contributed by atoms with Crippen molar-refractivity contribution in [1.82, 2.24) is 9.55 Å². The van der Waals surface area contributed by atoms with Crippen molar-refractivity contribution in [3.05, 3.63) is 52.8 Å². The molecule has 0 unspecified atom stereocenters. The summed E-state index contributed by atoms with van der Waals surface area (Å²) >= 11 is 5.72. The zero-order chi connectivity index (χ0) is 15.0. The number of aromatic nitrogens is 2. The van der Waals surface area contributed by atoms with Crippen molar-refractivity contribution < 1.29 is 4.39 Å². The fourth-order valence-corrected chi connectivity index (χ4v) is 2.49. The largest absolute Gasteiger partial charge is 0.324 e. The maximum absolute atomic E-state index is 13.7. The van der Waals surface area contributed by atoms with Gasteiger partial charge in [0.1, 0.15) is 11.6 Å². The highest BCUT2D eigenvalue weighted by molar-refractivity contribution is 6.30. The Morgan fingerprint density at radius 1 is 1.29 bits per heavy atom. The van der Waals surface area contributed by atoms with E-state index >= 15 is 0 Å². The van der Waals surface area contributed by atoms with Crippen LogP contribution in [0.15, 0.2) is 36.4 Å². The molecule has 0 aliphatic carbocycles. The SMILES string of the molecule is CCn1c(-c2ccc(Cl)c(F)c2)nc2cc(C#N)ccc21. The summed E-state index contributed by atoms with van der Waals surface area (Å²) in [6.07, 6.45) is 0. The Labute approximate surface area is 126 Å². The van der Waals surface area contributed by atoms with E-state index in [9.17, 15) is 4.39 Å². The van der Waals surface area contributed by atoms with Crippen LogP contribution in [0.2, 0.25) is 5.02 Å². The summed E-state index contributed by atoms with van der Waals surface area (Å²) in [4.78, 5) is 4.54. The van der Waals surface area contributed by atoms with E-state index in [4.69, 9.17) is 16.9 Å². The number of imidazole rings is 1. The van der Waals surface area contributed by atoms with Crippen molar-refractivity contribution >= 4 is 22.6 Å². The van der Waals surface area contributed by atoms with Crippen LogP contribution in [0.25, 0.3) is 22.4 Å².